The van der Waals surface area contributed by atoms with Crippen molar-refractivity contribution in [2.24, 2.45) is 5.92 Å². The normalized spacial score (nSPS) is 15.2. The van der Waals surface area contributed by atoms with Crippen LogP contribution < -0.4 is 5.32 Å². The lowest BCUT2D eigenvalue weighted by molar-refractivity contribution is 0.101. The molecule has 0 spiro atoms. The summed E-state index contributed by atoms with van der Waals surface area (Å²) in [7, 11) is -3.53. The Bertz CT molecular complexity index is 1490. The molecule has 0 amide bonds. The molecular formula is C27H28N4O3S3. The molecular weight excluding hydrogens is 525 g/mol. The molecule has 1 aliphatic heterocycles. The van der Waals surface area contributed by atoms with Gasteiger partial charge in [-0.05, 0) is 59.4 Å². The highest BCUT2D eigenvalue weighted by atomic mass is 32.2. The number of hydrogen-bond acceptors (Lipinski definition) is 8. The molecule has 0 bridgehead atoms. The number of aromatic nitrogens is 2. The fourth-order valence-corrected chi connectivity index (χ4v) is 7.56. The molecule has 10 heteroatoms. The molecule has 37 heavy (non-hydrogen) atoms. The van der Waals surface area contributed by atoms with Crippen LogP contribution >= 0.6 is 23.1 Å². The second-order valence-corrected chi connectivity index (χ2v) is 13.3. The number of fused-ring (bicyclic) bond motifs is 1. The Balaban J connectivity index is 1.15. The average molecular weight is 553 g/mol. The summed E-state index contributed by atoms with van der Waals surface area (Å²) in [4.78, 5) is 12.9. The molecule has 4 aromatic rings. The third-order valence-electron chi connectivity index (χ3n) is 6.59. The van der Waals surface area contributed by atoms with Crippen LogP contribution in [0.5, 0.6) is 0 Å². The molecule has 2 heterocycles. The number of carbonyl (C=O) groups is 1. The number of nitrogens with one attached hydrogen (secondary N) is 1. The molecule has 1 saturated heterocycles. The first-order valence-corrected chi connectivity index (χ1v) is 15.4. The molecule has 5 rings (SSSR count). The molecule has 0 unspecified atom stereocenters. The summed E-state index contributed by atoms with van der Waals surface area (Å²) >= 11 is 3.02. The van der Waals surface area contributed by atoms with E-state index in [1.807, 2.05) is 12.1 Å². The molecule has 0 saturated carbocycles. The second-order valence-electron chi connectivity index (χ2n) is 9.19. The minimum absolute atomic E-state index is 0.0543. The highest BCUT2D eigenvalue weighted by Gasteiger charge is 2.28. The van der Waals surface area contributed by atoms with E-state index < -0.39 is 10.0 Å². The van der Waals surface area contributed by atoms with Gasteiger partial charge in [0.1, 0.15) is 0 Å². The van der Waals surface area contributed by atoms with Crippen molar-refractivity contribution in [3.8, 4) is 0 Å². The number of sulfonamides is 1. The van der Waals surface area contributed by atoms with Crippen LogP contribution in [0.2, 0.25) is 0 Å². The molecule has 0 atom stereocenters. The van der Waals surface area contributed by atoms with Crippen molar-refractivity contribution in [2.45, 2.75) is 34.8 Å². The van der Waals surface area contributed by atoms with E-state index in [0.29, 0.717) is 29.7 Å². The van der Waals surface area contributed by atoms with Gasteiger partial charge in [-0.15, -0.1) is 10.2 Å². The number of benzene rings is 3. The molecule has 1 aliphatic rings. The van der Waals surface area contributed by atoms with E-state index in [1.165, 1.54) is 44.1 Å². The summed E-state index contributed by atoms with van der Waals surface area (Å²) in [5.74, 6) is 1.18. The molecule has 192 valence electrons. The minimum atomic E-state index is -3.53. The number of anilines is 1. The third-order valence-corrected chi connectivity index (χ3v) is 10.6. The highest BCUT2D eigenvalue weighted by Crippen LogP contribution is 2.31. The number of Topliss-reactive ketones (excluding diaryl/α,β-unsaturated/α-hetero) is 1. The third kappa shape index (κ3) is 6.04. The zero-order valence-corrected chi connectivity index (χ0v) is 22.9. The number of nitrogens with zero attached hydrogens (tertiary/aromatic N) is 3. The number of hydrogen-bond donors (Lipinski definition) is 1. The summed E-state index contributed by atoms with van der Waals surface area (Å²) < 4.78 is 28.2. The predicted octanol–water partition coefficient (Wildman–Crippen LogP) is 5.70. The van der Waals surface area contributed by atoms with Gasteiger partial charge in [0.15, 0.2) is 10.1 Å². The van der Waals surface area contributed by atoms with E-state index >= 15 is 0 Å². The van der Waals surface area contributed by atoms with Gasteiger partial charge >= 0.3 is 0 Å². The van der Waals surface area contributed by atoms with Gasteiger partial charge in [-0.1, -0.05) is 72.5 Å². The first-order chi connectivity index (χ1) is 17.9. The SMILES string of the molecule is CC1CCN(S(=O)(=O)c2ccc(C(=O)CNc3nnc(SCc4cccc5ccccc45)s3)cc2)CC1. The van der Waals surface area contributed by atoms with Crippen LogP contribution in [0.1, 0.15) is 35.7 Å². The monoisotopic (exact) mass is 552 g/mol. The van der Waals surface area contributed by atoms with Crippen molar-refractivity contribution in [1.82, 2.24) is 14.5 Å². The zero-order valence-electron chi connectivity index (χ0n) is 20.5. The van der Waals surface area contributed by atoms with Crippen molar-refractivity contribution in [3.05, 3.63) is 77.9 Å². The van der Waals surface area contributed by atoms with Crippen molar-refractivity contribution in [1.29, 1.82) is 0 Å². The Morgan fingerprint density at radius 1 is 1.03 bits per heavy atom. The van der Waals surface area contributed by atoms with Crippen LogP contribution in [0.15, 0.2) is 76.0 Å². The number of ketones is 1. The zero-order chi connectivity index (χ0) is 25.8. The first kappa shape index (κ1) is 25.8. The van der Waals surface area contributed by atoms with Crippen molar-refractivity contribution in [3.63, 3.8) is 0 Å². The molecule has 0 aliphatic carbocycles. The smallest absolute Gasteiger partial charge is 0.243 e. The minimum Gasteiger partial charge on any atom is -0.353 e. The van der Waals surface area contributed by atoms with Gasteiger partial charge in [0, 0.05) is 24.4 Å². The van der Waals surface area contributed by atoms with Crippen molar-refractivity contribution >= 4 is 54.8 Å². The van der Waals surface area contributed by atoms with Crippen LogP contribution in [0.25, 0.3) is 10.8 Å². The Kier molecular flexibility index (Phi) is 7.89. The number of piperidine rings is 1. The standard InChI is InChI=1S/C27H28N4O3S3/c1-19-13-15-31(16-14-19)37(33,34)23-11-9-21(10-12-23)25(32)17-28-26-29-30-27(36-26)35-18-22-7-4-6-20-5-2-3-8-24(20)22/h2-12,19H,13-18H2,1H3,(H,28,29). The number of thioether (sulfide) groups is 1. The van der Waals surface area contributed by atoms with E-state index in [1.54, 1.807) is 23.9 Å². The molecule has 1 N–H and O–H groups in total. The maximum atomic E-state index is 12.9. The average Bonchev–Trinajstić information content (AvgIpc) is 3.38. The highest BCUT2D eigenvalue weighted by molar-refractivity contribution is 8.00. The van der Waals surface area contributed by atoms with Gasteiger partial charge in [0.2, 0.25) is 15.2 Å². The van der Waals surface area contributed by atoms with Crippen LogP contribution in [-0.4, -0.2) is 48.3 Å². The van der Waals surface area contributed by atoms with E-state index in [9.17, 15) is 13.2 Å². The van der Waals surface area contributed by atoms with Crippen LogP contribution in [-0.2, 0) is 15.8 Å². The van der Waals surface area contributed by atoms with Gasteiger partial charge in [0.25, 0.3) is 0 Å². The molecule has 0 radical (unpaired) electrons. The van der Waals surface area contributed by atoms with Crippen LogP contribution in [0.4, 0.5) is 5.13 Å². The van der Waals surface area contributed by atoms with Crippen molar-refractivity contribution in [2.75, 3.05) is 25.0 Å². The number of rotatable bonds is 9. The van der Waals surface area contributed by atoms with Crippen LogP contribution in [0, 0.1) is 5.92 Å². The van der Waals surface area contributed by atoms with Gasteiger partial charge in [0.05, 0.1) is 11.4 Å². The van der Waals surface area contributed by atoms with E-state index in [4.69, 9.17) is 0 Å². The topological polar surface area (TPSA) is 92.3 Å². The van der Waals surface area contributed by atoms with Crippen molar-refractivity contribution < 1.29 is 13.2 Å². The fourth-order valence-electron chi connectivity index (χ4n) is 4.34. The first-order valence-electron chi connectivity index (χ1n) is 12.2. The molecule has 1 aromatic heterocycles. The van der Waals surface area contributed by atoms with Gasteiger partial charge in [-0.25, -0.2) is 8.42 Å². The molecule has 1 fully saturated rings. The Labute approximate surface area is 225 Å². The second kappa shape index (κ2) is 11.3. The van der Waals surface area contributed by atoms with Gasteiger partial charge in [-0.3, -0.25) is 4.79 Å². The lowest BCUT2D eigenvalue weighted by atomic mass is 10.0. The van der Waals surface area contributed by atoms with E-state index in [2.05, 4.69) is 52.8 Å². The molecule has 7 nitrogen and oxygen atoms in total. The predicted molar refractivity (Wildman–Crippen MR) is 150 cm³/mol. The Morgan fingerprint density at radius 3 is 2.54 bits per heavy atom. The lowest BCUT2D eigenvalue weighted by Gasteiger charge is -2.29. The van der Waals surface area contributed by atoms with E-state index in [-0.39, 0.29) is 17.2 Å². The lowest BCUT2D eigenvalue weighted by Crippen LogP contribution is -2.37. The fraction of sp³-hybridized carbons (Fsp3) is 0.296. The summed E-state index contributed by atoms with van der Waals surface area (Å²) in [5.41, 5.74) is 1.69. The largest absolute Gasteiger partial charge is 0.353 e. The summed E-state index contributed by atoms with van der Waals surface area (Å²) in [6, 6.07) is 20.8. The Morgan fingerprint density at radius 2 is 1.76 bits per heavy atom. The van der Waals surface area contributed by atoms with Gasteiger partial charge < -0.3 is 5.32 Å². The summed E-state index contributed by atoms with van der Waals surface area (Å²) in [5, 5.41) is 14.5. The quantitative estimate of drug-likeness (QED) is 0.210. The van der Waals surface area contributed by atoms with E-state index in [0.717, 1.165) is 22.9 Å². The summed E-state index contributed by atoms with van der Waals surface area (Å²) in [6.07, 6.45) is 1.74. The maximum Gasteiger partial charge on any atom is 0.243 e. The van der Waals surface area contributed by atoms with Gasteiger partial charge in [-0.2, -0.15) is 4.31 Å². The summed E-state index contributed by atoms with van der Waals surface area (Å²) in [6.45, 7) is 3.28. The van der Waals surface area contributed by atoms with Crippen LogP contribution in [0.3, 0.4) is 0 Å². The molecule has 3 aromatic carbocycles. The maximum absolute atomic E-state index is 12.9. The number of carbonyl (C=O) groups excluding carboxylic acids is 1. The Hall–Kier alpha value is -2.79.